The van der Waals surface area contributed by atoms with Crippen molar-refractivity contribution in [3.05, 3.63) is 71.4 Å². The highest BCUT2D eigenvalue weighted by molar-refractivity contribution is 5.84. The van der Waals surface area contributed by atoms with Gasteiger partial charge in [-0.15, -0.1) is 0 Å². The summed E-state index contributed by atoms with van der Waals surface area (Å²) >= 11 is 0. The SMILES string of the molecule is COc1ccc2ncc(CF)c(CCCC3(C(=O)NO)CCN(CCCc4ccccc4)CC3)c2c1. The van der Waals surface area contributed by atoms with Crippen molar-refractivity contribution >= 4 is 16.8 Å². The number of carbonyl (C=O) groups is 1. The molecule has 4 rings (SSSR count). The van der Waals surface area contributed by atoms with Gasteiger partial charge in [-0.25, -0.2) is 9.87 Å². The predicted molar refractivity (Wildman–Crippen MR) is 139 cm³/mol. The molecule has 7 heteroatoms. The second-order valence-corrected chi connectivity index (χ2v) is 9.78. The number of halogens is 1. The second-order valence-electron chi connectivity index (χ2n) is 9.78. The minimum atomic E-state index is -0.610. The molecule has 1 aromatic heterocycles. The summed E-state index contributed by atoms with van der Waals surface area (Å²) in [5.74, 6) is 0.399. The first-order valence-corrected chi connectivity index (χ1v) is 12.8. The van der Waals surface area contributed by atoms with Gasteiger partial charge in [0.15, 0.2) is 0 Å². The smallest absolute Gasteiger partial charge is 0.249 e. The van der Waals surface area contributed by atoms with Crippen LogP contribution in [0.5, 0.6) is 5.75 Å². The molecule has 0 aliphatic carbocycles. The third kappa shape index (κ3) is 6.02. The first kappa shape index (κ1) is 26.0. The second kappa shape index (κ2) is 12.3. The van der Waals surface area contributed by atoms with E-state index in [1.165, 1.54) is 5.56 Å². The Hall–Kier alpha value is -3.03. The number of pyridine rings is 1. The van der Waals surface area contributed by atoms with E-state index in [1.54, 1.807) is 13.3 Å². The number of alkyl halides is 1. The van der Waals surface area contributed by atoms with Crippen LogP contribution in [-0.2, 0) is 24.3 Å². The zero-order valence-electron chi connectivity index (χ0n) is 21.0. The Balaban J connectivity index is 1.38. The van der Waals surface area contributed by atoms with Gasteiger partial charge in [-0.3, -0.25) is 15.0 Å². The van der Waals surface area contributed by atoms with Gasteiger partial charge in [0, 0.05) is 17.1 Å². The average molecular weight is 494 g/mol. The number of piperidine rings is 1. The lowest BCUT2D eigenvalue weighted by Crippen LogP contribution is -2.48. The monoisotopic (exact) mass is 493 g/mol. The van der Waals surface area contributed by atoms with Crippen LogP contribution < -0.4 is 10.2 Å². The number of aromatic nitrogens is 1. The van der Waals surface area contributed by atoms with Crippen molar-refractivity contribution in [2.45, 2.75) is 51.6 Å². The molecule has 2 N–H and O–H groups in total. The van der Waals surface area contributed by atoms with Crippen LogP contribution in [0.3, 0.4) is 0 Å². The first-order valence-electron chi connectivity index (χ1n) is 12.8. The summed E-state index contributed by atoms with van der Waals surface area (Å²) < 4.78 is 19.2. The number of rotatable bonds is 11. The highest BCUT2D eigenvalue weighted by atomic mass is 19.1. The molecule has 0 atom stereocenters. The van der Waals surface area contributed by atoms with Gasteiger partial charge in [0.05, 0.1) is 18.0 Å². The van der Waals surface area contributed by atoms with Crippen LogP contribution >= 0.6 is 0 Å². The maximum absolute atomic E-state index is 13.8. The summed E-state index contributed by atoms with van der Waals surface area (Å²) in [6.07, 6.45) is 7.11. The van der Waals surface area contributed by atoms with Crippen LogP contribution in [-0.4, -0.2) is 47.7 Å². The first-order chi connectivity index (χ1) is 17.6. The number of amides is 1. The molecule has 1 aliphatic rings. The van der Waals surface area contributed by atoms with Crippen LogP contribution in [0.2, 0.25) is 0 Å². The van der Waals surface area contributed by atoms with Gasteiger partial charge in [0.1, 0.15) is 12.4 Å². The number of ether oxygens (including phenoxy) is 1. The normalized spacial score (nSPS) is 15.6. The zero-order valence-corrected chi connectivity index (χ0v) is 21.0. The molecule has 1 aliphatic heterocycles. The average Bonchev–Trinajstić information content (AvgIpc) is 2.93. The molecule has 1 amide bonds. The molecule has 0 spiro atoms. The number of hydrogen-bond donors (Lipinski definition) is 2. The number of benzene rings is 2. The lowest BCUT2D eigenvalue weighted by molar-refractivity contribution is -0.143. The molecule has 0 unspecified atom stereocenters. The minimum absolute atomic E-state index is 0.307. The lowest BCUT2D eigenvalue weighted by atomic mass is 9.73. The largest absolute Gasteiger partial charge is 0.497 e. The van der Waals surface area contributed by atoms with Gasteiger partial charge in [-0.2, -0.15) is 0 Å². The number of carbonyl (C=O) groups excluding carboxylic acids is 1. The molecular weight excluding hydrogens is 457 g/mol. The quantitative estimate of drug-likeness (QED) is 0.282. The van der Waals surface area contributed by atoms with Gasteiger partial charge >= 0.3 is 0 Å². The van der Waals surface area contributed by atoms with Gasteiger partial charge in [-0.05, 0) is 93.9 Å². The summed E-state index contributed by atoms with van der Waals surface area (Å²) in [5, 5.41) is 10.4. The molecule has 2 heterocycles. The van der Waals surface area contributed by atoms with E-state index >= 15 is 0 Å². The topological polar surface area (TPSA) is 74.7 Å². The van der Waals surface area contributed by atoms with Crippen LogP contribution in [0, 0.1) is 5.41 Å². The fourth-order valence-electron chi connectivity index (χ4n) is 5.47. The predicted octanol–water partition coefficient (Wildman–Crippen LogP) is 5.26. The molecule has 0 saturated carbocycles. The maximum Gasteiger partial charge on any atom is 0.249 e. The molecular formula is C29H36FN3O3. The Morgan fingerprint density at radius 2 is 1.92 bits per heavy atom. The summed E-state index contributed by atoms with van der Waals surface area (Å²) in [5.41, 5.74) is 4.95. The summed E-state index contributed by atoms with van der Waals surface area (Å²) in [7, 11) is 1.61. The van der Waals surface area contributed by atoms with Crippen molar-refractivity contribution < 1.29 is 19.1 Å². The van der Waals surface area contributed by atoms with E-state index in [-0.39, 0.29) is 5.91 Å². The van der Waals surface area contributed by atoms with E-state index in [0.717, 1.165) is 48.9 Å². The number of likely N-dealkylation sites (tertiary alicyclic amines) is 1. The van der Waals surface area contributed by atoms with Crippen molar-refractivity contribution in [2.75, 3.05) is 26.7 Å². The van der Waals surface area contributed by atoms with E-state index in [2.05, 4.69) is 34.1 Å². The minimum Gasteiger partial charge on any atom is -0.497 e. The van der Waals surface area contributed by atoms with E-state index < -0.39 is 12.1 Å². The number of hydrogen-bond acceptors (Lipinski definition) is 5. The van der Waals surface area contributed by atoms with Crippen LogP contribution in [0.4, 0.5) is 4.39 Å². The van der Waals surface area contributed by atoms with Gasteiger partial charge in [0.25, 0.3) is 0 Å². The highest BCUT2D eigenvalue weighted by Crippen LogP contribution is 2.38. The highest BCUT2D eigenvalue weighted by Gasteiger charge is 2.40. The van der Waals surface area contributed by atoms with Crippen LogP contribution in [0.15, 0.2) is 54.7 Å². The summed E-state index contributed by atoms with van der Waals surface area (Å²) in [4.78, 5) is 19.6. The Bertz CT molecular complexity index is 1140. The molecule has 1 saturated heterocycles. The van der Waals surface area contributed by atoms with E-state index in [0.29, 0.717) is 43.4 Å². The van der Waals surface area contributed by atoms with E-state index in [1.807, 2.05) is 29.7 Å². The standard InChI is InChI=1S/C29H36FN3O3/c1-36-24-11-12-27-26(19-24)25(23(20-30)21-31-27)10-5-13-29(28(34)32-35)14-17-33(18-15-29)16-6-9-22-7-3-2-4-8-22/h2-4,7-8,11-12,19,21,35H,5-6,9-10,13-18,20H2,1H3,(H,32,34). The zero-order chi connectivity index (χ0) is 25.4. The third-order valence-electron chi connectivity index (χ3n) is 7.68. The molecule has 3 aromatic rings. The Morgan fingerprint density at radius 3 is 2.61 bits per heavy atom. The van der Waals surface area contributed by atoms with Crippen molar-refractivity contribution in [2.24, 2.45) is 5.41 Å². The third-order valence-corrected chi connectivity index (χ3v) is 7.68. The number of methoxy groups -OCH3 is 1. The Labute approximate surface area is 212 Å². The molecule has 36 heavy (non-hydrogen) atoms. The Kier molecular flexibility index (Phi) is 8.88. The van der Waals surface area contributed by atoms with Crippen molar-refractivity contribution in [1.29, 1.82) is 0 Å². The maximum atomic E-state index is 13.8. The van der Waals surface area contributed by atoms with Gasteiger partial charge < -0.3 is 9.64 Å². The molecule has 6 nitrogen and oxygen atoms in total. The summed E-state index contributed by atoms with van der Waals surface area (Å²) in [6, 6.07) is 16.1. The van der Waals surface area contributed by atoms with Crippen LogP contribution in [0.1, 0.15) is 48.8 Å². The Morgan fingerprint density at radius 1 is 1.14 bits per heavy atom. The van der Waals surface area contributed by atoms with Gasteiger partial charge in [-0.1, -0.05) is 30.3 Å². The summed E-state index contributed by atoms with van der Waals surface area (Å²) in [6.45, 7) is 2.06. The number of fused-ring (bicyclic) bond motifs is 1. The van der Waals surface area contributed by atoms with Crippen molar-refractivity contribution in [3.63, 3.8) is 0 Å². The molecule has 0 bridgehead atoms. The number of nitrogens with one attached hydrogen (secondary N) is 1. The fraction of sp³-hybridized carbons (Fsp3) is 0.448. The number of aryl methyl sites for hydroxylation is 2. The number of hydroxylamine groups is 1. The van der Waals surface area contributed by atoms with E-state index in [4.69, 9.17) is 4.74 Å². The van der Waals surface area contributed by atoms with Crippen molar-refractivity contribution in [3.8, 4) is 5.75 Å². The van der Waals surface area contributed by atoms with Crippen molar-refractivity contribution in [1.82, 2.24) is 15.4 Å². The molecule has 0 radical (unpaired) electrons. The lowest BCUT2D eigenvalue weighted by Gasteiger charge is -2.40. The fourth-order valence-corrected chi connectivity index (χ4v) is 5.47. The van der Waals surface area contributed by atoms with E-state index in [9.17, 15) is 14.4 Å². The molecule has 2 aromatic carbocycles. The van der Waals surface area contributed by atoms with Gasteiger partial charge in [0.2, 0.25) is 5.91 Å². The van der Waals surface area contributed by atoms with Crippen LogP contribution in [0.25, 0.3) is 10.9 Å². The molecule has 192 valence electrons. The number of nitrogens with zero attached hydrogens (tertiary/aromatic N) is 2. The molecule has 1 fully saturated rings.